The summed E-state index contributed by atoms with van der Waals surface area (Å²) in [6.07, 6.45) is 1.64. The predicted molar refractivity (Wildman–Crippen MR) is 199 cm³/mol. The average molecular weight is 691 g/mol. The third-order valence-corrected chi connectivity index (χ3v) is 8.94. The number of anilines is 3. The van der Waals surface area contributed by atoms with Crippen LogP contribution in [0.5, 0.6) is 5.75 Å². The largest absolute Gasteiger partial charge is 0.495 e. The third-order valence-electron chi connectivity index (χ3n) is 7.38. The van der Waals surface area contributed by atoms with E-state index in [1.54, 1.807) is 60.7 Å². The van der Waals surface area contributed by atoms with Gasteiger partial charge < -0.3 is 25.6 Å². The molecule has 0 spiro atoms. The van der Waals surface area contributed by atoms with Crippen LogP contribution in [-0.4, -0.2) is 38.9 Å². The summed E-state index contributed by atoms with van der Waals surface area (Å²) >= 11 is 7.65. The Hall–Kier alpha value is -5.51. The number of rotatable bonds is 12. The minimum absolute atomic E-state index is 0.0874. The van der Waals surface area contributed by atoms with Gasteiger partial charge >= 0.3 is 0 Å². The first-order chi connectivity index (χ1) is 23.7. The first-order valence-electron chi connectivity index (χ1n) is 15.3. The Labute approximate surface area is 295 Å². The van der Waals surface area contributed by atoms with E-state index in [1.165, 1.54) is 18.9 Å². The molecule has 3 amide bonds. The summed E-state index contributed by atoms with van der Waals surface area (Å²) < 4.78 is 5.22. The number of halogens is 1. The van der Waals surface area contributed by atoms with Crippen LogP contribution >= 0.6 is 23.4 Å². The van der Waals surface area contributed by atoms with Crippen LogP contribution in [0.2, 0.25) is 5.02 Å². The minimum Gasteiger partial charge on any atom is -0.495 e. The van der Waals surface area contributed by atoms with Crippen LogP contribution in [0.25, 0.3) is 6.08 Å². The van der Waals surface area contributed by atoms with Gasteiger partial charge in [-0.2, -0.15) is 0 Å². The van der Waals surface area contributed by atoms with Crippen LogP contribution in [0.1, 0.15) is 26.7 Å². The van der Waals surface area contributed by atoms with Crippen molar-refractivity contribution < 1.29 is 19.1 Å². The molecule has 8 nitrogen and oxygen atoms in total. The van der Waals surface area contributed by atoms with Gasteiger partial charge in [0.25, 0.3) is 11.8 Å². The summed E-state index contributed by atoms with van der Waals surface area (Å²) in [5.74, 6) is -0.597. The molecule has 1 atom stereocenters. The van der Waals surface area contributed by atoms with Gasteiger partial charge in [-0.25, -0.2) is 0 Å². The Morgan fingerprint density at radius 3 is 2.02 bits per heavy atom. The van der Waals surface area contributed by atoms with Crippen LogP contribution < -0.4 is 25.6 Å². The van der Waals surface area contributed by atoms with E-state index in [2.05, 4.69) is 16.0 Å². The van der Waals surface area contributed by atoms with Gasteiger partial charge in [0.2, 0.25) is 5.91 Å². The second kappa shape index (κ2) is 16.5. The highest BCUT2D eigenvalue weighted by Crippen LogP contribution is 2.37. The van der Waals surface area contributed by atoms with Gasteiger partial charge in [0.15, 0.2) is 0 Å². The van der Waals surface area contributed by atoms with E-state index in [9.17, 15) is 14.4 Å². The molecule has 0 saturated heterocycles. The average Bonchev–Trinajstić information content (AvgIpc) is 3.12. The number of benzene rings is 5. The molecule has 5 rings (SSSR count). The molecule has 5 aromatic rings. The zero-order chi connectivity index (χ0) is 34.8. The number of thioether (sulfide) groups is 1. The molecule has 49 heavy (non-hydrogen) atoms. The van der Waals surface area contributed by atoms with Crippen molar-refractivity contribution in [2.24, 2.45) is 0 Å². The number of nitrogens with one attached hydrogen (secondary N) is 3. The standard InChI is InChI=1S/C39H35ClN4O4S/c1-44(2)31-19-14-26(15-20-31)24-34(43-37(45)28-12-8-5-9-13-28)38(46)41-29-16-21-32(22-17-29)49-36(27-10-6-4-7-11-27)39(47)42-30-18-23-35(48-3)33(40)25-30/h4-25,36H,1-3H3,(H,41,46)(H,42,47)(H,43,45)/b34-24-. The quantitative estimate of drug-likeness (QED) is 0.0900. The monoisotopic (exact) mass is 690 g/mol. The second-order valence-corrected chi connectivity index (χ2v) is 12.7. The lowest BCUT2D eigenvalue weighted by Crippen LogP contribution is -2.30. The van der Waals surface area contributed by atoms with Crippen molar-refractivity contribution in [1.82, 2.24) is 5.32 Å². The Balaban J connectivity index is 1.33. The number of ether oxygens (including phenoxy) is 1. The summed E-state index contributed by atoms with van der Waals surface area (Å²) in [6, 6.07) is 38.1. The molecule has 248 valence electrons. The molecule has 5 aromatic carbocycles. The minimum atomic E-state index is -0.580. The smallest absolute Gasteiger partial charge is 0.272 e. The zero-order valence-electron chi connectivity index (χ0n) is 27.1. The number of carbonyl (C=O) groups is 3. The number of carbonyl (C=O) groups excluding carboxylic acids is 3. The lowest BCUT2D eigenvalue weighted by atomic mass is 10.1. The summed E-state index contributed by atoms with van der Waals surface area (Å²) in [7, 11) is 5.43. The fourth-order valence-electron chi connectivity index (χ4n) is 4.78. The Morgan fingerprint density at radius 1 is 0.776 bits per heavy atom. The lowest BCUT2D eigenvalue weighted by Gasteiger charge is -2.18. The van der Waals surface area contributed by atoms with Crippen LogP contribution in [0, 0.1) is 0 Å². The van der Waals surface area contributed by atoms with Crippen molar-refractivity contribution in [3.63, 3.8) is 0 Å². The number of amides is 3. The van der Waals surface area contributed by atoms with Gasteiger partial charge in [0.1, 0.15) is 16.7 Å². The van der Waals surface area contributed by atoms with E-state index >= 15 is 0 Å². The van der Waals surface area contributed by atoms with Crippen molar-refractivity contribution in [1.29, 1.82) is 0 Å². The maximum absolute atomic E-state index is 13.6. The van der Waals surface area contributed by atoms with Gasteiger partial charge in [-0.05, 0) is 83.9 Å². The summed E-state index contributed by atoms with van der Waals surface area (Å²) in [4.78, 5) is 42.9. The van der Waals surface area contributed by atoms with E-state index in [0.717, 1.165) is 21.7 Å². The van der Waals surface area contributed by atoms with Gasteiger partial charge in [0.05, 0.1) is 12.1 Å². The van der Waals surface area contributed by atoms with E-state index < -0.39 is 17.1 Å². The molecule has 0 aliphatic heterocycles. The van der Waals surface area contributed by atoms with Crippen molar-refractivity contribution in [2.45, 2.75) is 10.1 Å². The van der Waals surface area contributed by atoms with Crippen molar-refractivity contribution in [3.05, 3.63) is 155 Å². The first kappa shape index (κ1) is 34.8. The second-order valence-electron chi connectivity index (χ2n) is 11.1. The SMILES string of the molecule is COc1ccc(NC(=O)C(Sc2ccc(NC(=O)/C(=C/c3ccc(N(C)C)cc3)NC(=O)c3ccccc3)cc2)c2ccccc2)cc1Cl. The van der Waals surface area contributed by atoms with Crippen molar-refractivity contribution in [2.75, 3.05) is 36.7 Å². The molecular formula is C39H35ClN4O4S. The van der Waals surface area contributed by atoms with Crippen LogP contribution in [0.15, 0.2) is 138 Å². The third kappa shape index (κ3) is 9.53. The van der Waals surface area contributed by atoms with E-state index in [4.69, 9.17) is 16.3 Å². The Kier molecular flexibility index (Phi) is 11.8. The predicted octanol–water partition coefficient (Wildman–Crippen LogP) is 8.30. The molecule has 0 aromatic heterocycles. The first-order valence-corrected chi connectivity index (χ1v) is 16.6. The molecule has 0 radical (unpaired) electrons. The fourth-order valence-corrected chi connectivity index (χ4v) is 6.06. The lowest BCUT2D eigenvalue weighted by molar-refractivity contribution is -0.116. The summed E-state index contributed by atoms with van der Waals surface area (Å²) in [5, 5.41) is 8.43. The van der Waals surface area contributed by atoms with Crippen molar-refractivity contribution in [3.8, 4) is 5.75 Å². The maximum atomic E-state index is 13.6. The van der Waals surface area contributed by atoms with Gasteiger partial charge in [-0.1, -0.05) is 72.3 Å². The van der Waals surface area contributed by atoms with Gasteiger partial charge in [-0.15, -0.1) is 11.8 Å². The molecule has 0 aliphatic carbocycles. The summed E-state index contributed by atoms with van der Waals surface area (Å²) in [5.41, 5.74) is 4.16. The number of hydrogen-bond donors (Lipinski definition) is 3. The molecule has 3 N–H and O–H groups in total. The molecular weight excluding hydrogens is 656 g/mol. The molecule has 10 heteroatoms. The van der Waals surface area contributed by atoms with Gasteiger partial charge in [0, 0.05) is 41.6 Å². The van der Waals surface area contributed by atoms with Crippen LogP contribution in [-0.2, 0) is 9.59 Å². The fraction of sp³-hybridized carbons (Fsp3) is 0.103. The van der Waals surface area contributed by atoms with E-state index in [-0.39, 0.29) is 11.6 Å². The van der Waals surface area contributed by atoms with Crippen LogP contribution in [0.4, 0.5) is 17.1 Å². The molecule has 0 bridgehead atoms. The maximum Gasteiger partial charge on any atom is 0.272 e. The Morgan fingerprint density at radius 2 is 1.41 bits per heavy atom. The normalized spacial score (nSPS) is 11.6. The number of methoxy groups -OCH3 is 1. The van der Waals surface area contributed by atoms with Crippen LogP contribution in [0.3, 0.4) is 0 Å². The highest BCUT2D eigenvalue weighted by Gasteiger charge is 2.23. The summed E-state index contributed by atoms with van der Waals surface area (Å²) in [6.45, 7) is 0. The molecule has 0 saturated carbocycles. The zero-order valence-corrected chi connectivity index (χ0v) is 28.7. The van der Waals surface area contributed by atoms with Crippen molar-refractivity contribution >= 4 is 64.2 Å². The molecule has 0 heterocycles. The van der Waals surface area contributed by atoms with Gasteiger partial charge in [-0.3, -0.25) is 14.4 Å². The van der Waals surface area contributed by atoms with E-state index in [0.29, 0.717) is 27.7 Å². The molecule has 0 fully saturated rings. The highest BCUT2D eigenvalue weighted by atomic mass is 35.5. The topological polar surface area (TPSA) is 99.8 Å². The highest BCUT2D eigenvalue weighted by molar-refractivity contribution is 8.00. The molecule has 1 unspecified atom stereocenters. The van der Waals surface area contributed by atoms with E-state index in [1.807, 2.05) is 91.8 Å². The number of nitrogens with zero attached hydrogens (tertiary/aromatic N) is 1. The number of hydrogen-bond acceptors (Lipinski definition) is 6. The molecule has 0 aliphatic rings. The Bertz CT molecular complexity index is 1930.